The van der Waals surface area contributed by atoms with Crippen molar-refractivity contribution in [2.45, 2.75) is 25.9 Å². The first-order valence-corrected chi connectivity index (χ1v) is 6.07. The van der Waals surface area contributed by atoms with Crippen molar-refractivity contribution in [3.05, 3.63) is 54.1 Å². The summed E-state index contributed by atoms with van der Waals surface area (Å²) in [5.74, 6) is 0. The Morgan fingerprint density at radius 3 is 2.82 bits per heavy atom. The van der Waals surface area contributed by atoms with E-state index >= 15 is 0 Å². The lowest BCUT2D eigenvalue weighted by atomic mass is 10.1. The number of aromatic nitrogens is 2. The molecule has 1 heterocycles. The molecule has 0 aliphatic carbocycles. The van der Waals surface area contributed by atoms with Gasteiger partial charge in [-0.3, -0.25) is 0 Å². The maximum Gasteiger partial charge on any atom is 0.0949 e. The number of rotatable bonds is 6. The monoisotopic (exact) mass is 229 g/mol. The van der Waals surface area contributed by atoms with Crippen molar-refractivity contribution in [3.8, 4) is 0 Å². The zero-order valence-corrected chi connectivity index (χ0v) is 10.3. The number of benzene rings is 1. The van der Waals surface area contributed by atoms with Gasteiger partial charge in [-0.2, -0.15) is 0 Å². The van der Waals surface area contributed by atoms with E-state index in [-0.39, 0.29) is 0 Å². The van der Waals surface area contributed by atoms with Crippen LogP contribution in [-0.2, 0) is 19.5 Å². The average molecular weight is 229 g/mol. The SMILES string of the molecule is CNCc1cn(CCCc2ccccc2)cn1. The van der Waals surface area contributed by atoms with Crippen LogP contribution in [0.5, 0.6) is 0 Å². The summed E-state index contributed by atoms with van der Waals surface area (Å²) in [6.45, 7) is 1.87. The van der Waals surface area contributed by atoms with Crippen molar-refractivity contribution in [1.29, 1.82) is 0 Å². The molecule has 90 valence electrons. The van der Waals surface area contributed by atoms with Crippen LogP contribution in [0.1, 0.15) is 17.7 Å². The zero-order valence-electron chi connectivity index (χ0n) is 10.3. The highest BCUT2D eigenvalue weighted by atomic mass is 15.0. The van der Waals surface area contributed by atoms with Crippen molar-refractivity contribution in [3.63, 3.8) is 0 Å². The summed E-state index contributed by atoms with van der Waals surface area (Å²) in [6.07, 6.45) is 6.30. The molecule has 0 unspecified atom stereocenters. The number of hydrogen-bond acceptors (Lipinski definition) is 2. The molecule has 3 heteroatoms. The van der Waals surface area contributed by atoms with E-state index in [1.807, 2.05) is 13.4 Å². The second kappa shape index (κ2) is 6.21. The molecule has 0 fully saturated rings. The molecule has 2 aromatic rings. The van der Waals surface area contributed by atoms with E-state index < -0.39 is 0 Å². The fourth-order valence-electron chi connectivity index (χ4n) is 1.91. The maximum atomic E-state index is 4.33. The van der Waals surface area contributed by atoms with Gasteiger partial charge in [0.05, 0.1) is 12.0 Å². The van der Waals surface area contributed by atoms with Gasteiger partial charge in [0, 0.05) is 19.3 Å². The number of nitrogens with zero attached hydrogens (tertiary/aromatic N) is 2. The topological polar surface area (TPSA) is 29.9 Å². The van der Waals surface area contributed by atoms with Crippen LogP contribution in [0.3, 0.4) is 0 Å². The summed E-state index contributed by atoms with van der Waals surface area (Å²) in [6, 6.07) is 10.6. The number of aryl methyl sites for hydroxylation is 2. The average Bonchev–Trinajstić information content (AvgIpc) is 2.79. The quantitative estimate of drug-likeness (QED) is 0.823. The Kier molecular flexibility index (Phi) is 4.33. The van der Waals surface area contributed by atoms with E-state index in [1.54, 1.807) is 0 Å². The van der Waals surface area contributed by atoms with Crippen LogP contribution in [0, 0.1) is 0 Å². The molecule has 3 nitrogen and oxygen atoms in total. The highest BCUT2D eigenvalue weighted by molar-refractivity contribution is 5.14. The van der Waals surface area contributed by atoms with Gasteiger partial charge in [-0.15, -0.1) is 0 Å². The minimum Gasteiger partial charge on any atom is -0.337 e. The van der Waals surface area contributed by atoms with E-state index in [1.165, 1.54) is 5.56 Å². The van der Waals surface area contributed by atoms with E-state index in [0.29, 0.717) is 0 Å². The molecular weight excluding hydrogens is 210 g/mol. The molecule has 0 radical (unpaired) electrons. The van der Waals surface area contributed by atoms with Gasteiger partial charge in [-0.05, 0) is 25.5 Å². The normalized spacial score (nSPS) is 10.6. The van der Waals surface area contributed by atoms with E-state index in [9.17, 15) is 0 Å². The summed E-state index contributed by atoms with van der Waals surface area (Å²) < 4.78 is 2.16. The molecule has 0 saturated carbocycles. The summed E-state index contributed by atoms with van der Waals surface area (Å²) in [5, 5.41) is 3.10. The first kappa shape index (κ1) is 11.9. The molecule has 1 aromatic carbocycles. The van der Waals surface area contributed by atoms with Crippen LogP contribution >= 0.6 is 0 Å². The van der Waals surface area contributed by atoms with E-state index in [4.69, 9.17) is 0 Å². The van der Waals surface area contributed by atoms with Crippen molar-refractivity contribution in [2.24, 2.45) is 0 Å². The predicted molar refractivity (Wildman–Crippen MR) is 69.8 cm³/mol. The minimum absolute atomic E-state index is 0.839. The molecule has 0 aliphatic rings. The Hall–Kier alpha value is -1.61. The maximum absolute atomic E-state index is 4.33. The Balaban J connectivity index is 1.78. The summed E-state index contributed by atoms with van der Waals surface area (Å²) in [7, 11) is 1.94. The minimum atomic E-state index is 0.839. The number of hydrogen-bond donors (Lipinski definition) is 1. The van der Waals surface area contributed by atoms with Gasteiger partial charge in [-0.1, -0.05) is 30.3 Å². The number of nitrogens with one attached hydrogen (secondary N) is 1. The van der Waals surface area contributed by atoms with E-state index in [2.05, 4.69) is 51.4 Å². The summed E-state index contributed by atoms with van der Waals surface area (Å²) >= 11 is 0. The Labute approximate surface area is 103 Å². The van der Waals surface area contributed by atoms with Gasteiger partial charge in [0.2, 0.25) is 0 Å². The molecule has 0 bridgehead atoms. The van der Waals surface area contributed by atoms with Crippen LogP contribution < -0.4 is 5.32 Å². The molecule has 1 N–H and O–H groups in total. The van der Waals surface area contributed by atoms with Crippen molar-refractivity contribution < 1.29 is 0 Å². The van der Waals surface area contributed by atoms with Crippen molar-refractivity contribution >= 4 is 0 Å². The van der Waals surface area contributed by atoms with Gasteiger partial charge in [0.15, 0.2) is 0 Å². The predicted octanol–water partition coefficient (Wildman–Crippen LogP) is 2.24. The van der Waals surface area contributed by atoms with Crippen molar-refractivity contribution in [2.75, 3.05) is 7.05 Å². The van der Waals surface area contributed by atoms with Crippen LogP contribution in [0.4, 0.5) is 0 Å². The van der Waals surface area contributed by atoms with Crippen LogP contribution in [-0.4, -0.2) is 16.6 Å². The molecule has 0 aliphatic heterocycles. The summed E-state index contributed by atoms with van der Waals surface area (Å²) in [4.78, 5) is 4.33. The van der Waals surface area contributed by atoms with E-state index in [0.717, 1.165) is 31.6 Å². The standard InChI is InChI=1S/C14H19N3/c1-15-10-14-11-17(12-16-14)9-5-8-13-6-3-2-4-7-13/h2-4,6-7,11-12,15H,5,8-10H2,1H3. The first-order chi connectivity index (χ1) is 8.38. The fourth-order valence-corrected chi connectivity index (χ4v) is 1.91. The van der Waals surface area contributed by atoms with Gasteiger partial charge < -0.3 is 9.88 Å². The second-order valence-electron chi connectivity index (χ2n) is 4.22. The molecule has 0 saturated heterocycles. The Morgan fingerprint density at radius 1 is 1.24 bits per heavy atom. The Bertz CT molecular complexity index is 434. The van der Waals surface area contributed by atoms with Gasteiger partial charge >= 0.3 is 0 Å². The van der Waals surface area contributed by atoms with Gasteiger partial charge in [0.25, 0.3) is 0 Å². The highest BCUT2D eigenvalue weighted by Crippen LogP contribution is 2.04. The van der Waals surface area contributed by atoms with Crippen LogP contribution in [0.2, 0.25) is 0 Å². The van der Waals surface area contributed by atoms with Gasteiger partial charge in [0.1, 0.15) is 0 Å². The number of imidazole rings is 1. The molecule has 17 heavy (non-hydrogen) atoms. The molecule has 2 rings (SSSR count). The third-order valence-electron chi connectivity index (χ3n) is 2.77. The first-order valence-electron chi connectivity index (χ1n) is 6.07. The third-order valence-corrected chi connectivity index (χ3v) is 2.77. The van der Waals surface area contributed by atoms with Crippen LogP contribution in [0.25, 0.3) is 0 Å². The lowest BCUT2D eigenvalue weighted by Crippen LogP contribution is -2.05. The molecule has 1 aromatic heterocycles. The molecule has 0 spiro atoms. The lowest BCUT2D eigenvalue weighted by Gasteiger charge is -2.02. The lowest BCUT2D eigenvalue weighted by molar-refractivity contribution is 0.641. The van der Waals surface area contributed by atoms with Gasteiger partial charge in [-0.25, -0.2) is 4.98 Å². The van der Waals surface area contributed by atoms with Crippen molar-refractivity contribution in [1.82, 2.24) is 14.9 Å². The smallest absolute Gasteiger partial charge is 0.0949 e. The summed E-state index contributed by atoms with van der Waals surface area (Å²) in [5.41, 5.74) is 2.51. The fraction of sp³-hybridized carbons (Fsp3) is 0.357. The molecule has 0 atom stereocenters. The third kappa shape index (κ3) is 3.71. The largest absolute Gasteiger partial charge is 0.337 e. The van der Waals surface area contributed by atoms with Crippen LogP contribution in [0.15, 0.2) is 42.9 Å². The Morgan fingerprint density at radius 2 is 2.06 bits per heavy atom. The highest BCUT2D eigenvalue weighted by Gasteiger charge is 1.97. The molecular formula is C14H19N3. The second-order valence-corrected chi connectivity index (χ2v) is 4.22. The zero-order chi connectivity index (χ0) is 11.9. The molecule has 0 amide bonds.